The molecule has 0 aliphatic carbocycles. The van der Waals surface area contributed by atoms with Gasteiger partial charge in [-0.15, -0.1) is 0 Å². The van der Waals surface area contributed by atoms with Crippen LogP contribution in [-0.2, 0) is 24.2 Å². The molecule has 134 valence electrons. The number of halogens is 1. The van der Waals surface area contributed by atoms with E-state index < -0.39 is 0 Å². The summed E-state index contributed by atoms with van der Waals surface area (Å²) < 4.78 is 5.49. The third-order valence-corrected chi connectivity index (χ3v) is 4.76. The van der Waals surface area contributed by atoms with Crippen molar-refractivity contribution in [2.75, 3.05) is 6.54 Å². The van der Waals surface area contributed by atoms with Crippen LogP contribution in [0.3, 0.4) is 0 Å². The van der Waals surface area contributed by atoms with Crippen molar-refractivity contribution in [2.45, 2.75) is 32.7 Å². The van der Waals surface area contributed by atoms with Crippen LogP contribution in [0, 0.1) is 6.92 Å². The van der Waals surface area contributed by atoms with Gasteiger partial charge in [-0.05, 0) is 19.1 Å². The van der Waals surface area contributed by atoms with Gasteiger partial charge in [0.1, 0.15) is 17.3 Å². The molecule has 3 heterocycles. The Bertz CT molecular complexity index is 931. The van der Waals surface area contributed by atoms with Gasteiger partial charge in [0.25, 0.3) is 0 Å². The fourth-order valence-electron chi connectivity index (χ4n) is 3.13. The van der Waals surface area contributed by atoms with Crippen LogP contribution in [0.4, 0.5) is 0 Å². The number of H-pyrrole nitrogens is 1. The highest BCUT2D eigenvalue weighted by molar-refractivity contribution is 6.30. The summed E-state index contributed by atoms with van der Waals surface area (Å²) in [7, 11) is 0. The number of nitrogens with one attached hydrogen (secondary N) is 1. The van der Waals surface area contributed by atoms with Gasteiger partial charge in [0, 0.05) is 42.0 Å². The average molecular weight is 372 g/mol. The molecule has 26 heavy (non-hydrogen) atoms. The Morgan fingerprint density at radius 3 is 2.88 bits per heavy atom. The van der Waals surface area contributed by atoms with Gasteiger partial charge in [-0.25, -0.2) is 4.98 Å². The standard InChI is InChI=1S/C18H18ClN5O2/c1-11-20-16(22-21-11)6-7-17(25)24-9-8-15-14(10-24)18(23-26-15)12-2-4-13(19)5-3-12/h2-5H,6-10H2,1H3,(H,20,21,22). The topological polar surface area (TPSA) is 87.9 Å². The van der Waals surface area contributed by atoms with Crippen molar-refractivity contribution < 1.29 is 9.32 Å². The van der Waals surface area contributed by atoms with Crippen LogP contribution < -0.4 is 0 Å². The highest BCUT2D eigenvalue weighted by atomic mass is 35.5. The minimum absolute atomic E-state index is 0.0846. The van der Waals surface area contributed by atoms with Crippen LogP contribution in [0.25, 0.3) is 11.3 Å². The summed E-state index contributed by atoms with van der Waals surface area (Å²) in [5.74, 6) is 2.36. The Morgan fingerprint density at radius 2 is 2.15 bits per heavy atom. The third kappa shape index (κ3) is 3.35. The zero-order valence-electron chi connectivity index (χ0n) is 14.3. The zero-order valence-corrected chi connectivity index (χ0v) is 15.1. The zero-order chi connectivity index (χ0) is 18.1. The lowest BCUT2D eigenvalue weighted by Crippen LogP contribution is -2.35. The lowest BCUT2D eigenvalue weighted by atomic mass is 10.0. The van der Waals surface area contributed by atoms with E-state index in [1.54, 1.807) is 0 Å². The largest absolute Gasteiger partial charge is 0.360 e. The second-order valence-electron chi connectivity index (χ2n) is 6.34. The number of hydrogen-bond acceptors (Lipinski definition) is 5. The van der Waals surface area contributed by atoms with Gasteiger partial charge in [0.2, 0.25) is 5.91 Å². The first-order valence-electron chi connectivity index (χ1n) is 8.49. The molecule has 3 aromatic rings. The molecule has 0 fully saturated rings. The molecule has 1 aliphatic heterocycles. The number of hydrogen-bond donors (Lipinski definition) is 1. The number of nitrogens with zero attached hydrogens (tertiary/aromatic N) is 4. The lowest BCUT2D eigenvalue weighted by molar-refractivity contribution is -0.132. The maximum Gasteiger partial charge on any atom is 0.223 e. The molecule has 4 rings (SSSR count). The molecular formula is C18H18ClN5O2. The van der Waals surface area contributed by atoms with Gasteiger partial charge in [-0.3, -0.25) is 9.89 Å². The highest BCUT2D eigenvalue weighted by Crippen LogP contribution is 2.30. The van der Waals surface area contributed by atoms with Gasteiger partial charge in [-0.1, -0.05) is 28.9 Å². The second-order valence-corrected chi connectivity index (χ2v) is 6.78. The van der Waals surface area contributed by atoms with E-state index in [-0.39, 0.29) is 5.91 Å². The molecular weight excluding hydrogens is 354 g/mol. The second kappa shape index (κ2) is 6.92. The van der Waals surface area contributed by atoms with E-state index in [2.05, 4.69) is 20.3 Å². The van der Waals surface area contributed by atoms with Crippen LogP contribution in [-0.4, -0.2) is 37.7 Å². The van der Waals surface area contributed by atoms with E-state index in [9.17, 15) is 4.79 Å². The summed E-state index contributed by atoms with van der Waals surface area (Å²) in [6.07, 6.45) is 1.58. The number of aromatic amines is 1. The average Bonchev–Trinajstić information content (AvgIpc) is 3.26. The van der Waals surface area contributed by atoms with Crippen LogP contribution in [0.2, 0.25) is 5.02 Å². The fourth-order valence-corrected chi connectivity index (χ4v) is 3.26. The van der Waals surface area contributed by atoms with Crippen molar-refractivity contribution in [3.63, 3.8) is 0 Å². The number of carbonyl (C=O) groups excluding carboxylic acids is 1. The van der Waals surface area contributed by atoms with Gasteiger partial charge in [0.05, 0.1) is 6.54 Å². The van der Waals surface area contributed by atoms with Crippen LogP contribution in [0.5, 0.6) is 0 Å². The molecule has 0 bridgehead atoms. The Labute approximate surface area is 155 Å². The Hall–Kier alpha value is -2.67. The number of fused-ring (bicyclic) bond motifs is 1. The molecule has 0 atom stereocenters. The minimum atomic E-state index is 0.0846. The Balaban J connectivity index is 1.47. The normalized spacial score (nSPS) is 13.7. The van der Waals surface area contributed by atoms with Crippen molar-refractivity contribution in [3.05, 3.63) is 52.3 Å². The molecule has 1 aromatic carbocycles. The SMILES string of the molecule is Cc1nc(CCC(=O)N2CCc3onc(-c4ccc(Cl)cc4)c3C2)n[nH]1. The van der Waals surface area contributed by atoms with Crippen LogP contribution in [0.1, 0.15) is 29.4 Å². The summed E-state index contributed by atoms with van der Waals surface area (Å²) in [5.41, 5.74) is 2.68. The number of amides is 1. The monoisotopic (exact) mass is 371 g/mol. The summed E-state index contributed by atoms with van der Waals surface area (Å²) in [6.45, 7) is 2.98. The summed E-state index contributed by atoms with van der Waals surface area (Å²) in [4.78, 5) is 18.7. The van der Waals surface area contributed by atoms with Crippen molar-refractivity contribution in [2.24, 2.45) is 0 Å². The van der Waals surface area contributed by atoms with Crippen LogP contribution >= 0.6 is 11.6 Å². The molecule has 8 heteroatoms. The molecule has 0 saturated carbocycles. The minimum Gasteiger partial charge on any atom is -0.360 e. The summed E-state index contributed by atoms with van der Waals surface area (Å²) >= 11 is 5.96. The number of aromatic nitrogens is 4. The van der Waals surface area contributed by atoms with Crippen LogP contribution in [0.15, 0.2) is 28.8 Å². The predicted octanol–water partition coefficient (Wildman–Crippen LogP) is 2.94. The van der Waals surface area contributed by atoms with Crippen molar-refractivity contribution >= 4 is 17.5 Å². The molecule has 0 saturated heterocycles. The Morgan fingerprint density at radius 1 is 1.35 bits per heavy atom. The highest BCUT2D eigenvalue weighted by Gasteiger charge is 2.27. The van der Waals surface area contributed by atoms with Crippen molar-refractivity contribution in [3.8, 4) is 11.3 Å². The molecule has 7 nitrogen and oxygen atoms in total. The van der Waals surface area contributed by atoms with E-state index in [4.69, 9.17) is 16.1 Å². The van der Waals surface area contributed by atoms with E-state index in [1.165, 1.54) is 0 Å². The van der Waals surface area contributed by atoms with E-state index in [0.29, 0.717) is 43.2 Å². The van der Waals surface area contributed by atoms with E-state index >= 15 is 0 Å². The number of carbonyl (C=O) groups is 1. The first kappa shape index (κ1) is 16.8. The third-order valence-electron chi connectivity index (χ3n) is 4.50. The summed E-state index contributed by atoms with van der Waals surface area (Å²) in [5, 5.41) is 11.8. The van der Waals surface area contributed by atoms with Crippen molar-refractivity contribution in [1.29, 1.82) is 0 Å². The van der Waals surface area contributed by atoms with Gasteiger partial charge >= 0.3 is 0 Å². The fraction of sp³-hybridized carbons (Fsp3) is 0.333. The first-order valence-corrected chi connectivity index (χ1v) is 8.87. The van der Waals surface area contributed by atoms with Crippen molar-refractivity contribution in [1.82, 2.24) is 25.2 Å². The number of benzene rings is 1. The maximum absolute atomic E-state index is 12.6. The van der Waals surface area contributed by atoms with Gasteiger partial charge in [0.15, 0.2) is 5.82 Å². The molecule has 1 aliphatic rings. The first-order chi connectivity index (χ1) is 12.6. The predicted molar refractivity (Wildman–Crippen MR) is 95.5 cm³/mol. The molecule has 0 unspecified atom stereocenters. The quantitative estimate of drug-likeness (QED) is 0.761. The molecule has 0 radical (unpaired) electrons. The molecule has 1 amide bonds. The molecule has 0 spiro atoms. The van der Waals surface area contributed by atoms with Gasteiger partial charge in [-0.2, -0.15) is 5.10 Å². The molecule has 1 N–H and O–H groups in total. The number of rotatable bonds is 4. The lowest BCUT2D eigenvalue weighted by Gasteiger charge is -2.26. The number of aryl methyl sites for hydroxylation is 2. The summed E-state index contributed by atoms with van der Waals surface area (Å²) in [6, 6.07) is 7.46. The van der Waals surface area contributed by atoms with E-state index in [0.717, 1.165) is 28.4 Å². The van der Waals surface area contributed by atoms with E-state index in [1.807, 2.05) is 36.1 Å². The maximum atomic E-state index is 12.6. The van der Waals surface area contributed by atoms with Gasteiger partial charge < -0.3 is 9.42 Å². The smallest absolute Gasteiger partial charge is 0.223 e. The Kier molecular flexibility index (Phi) is 4.46. The molecule has 2 aromatic heterocycles.